The van der Waals surface area contributed by atoms with Gasteiger partial charge in [0.05, 0.1) is 18.2 Å². The molecule has 4 atom stereocenters. The van der Waals surface area contributed by atoms with Crippen molar-refractivity contribution in [2.45, 2.75) is 56.8 Å². The number of nitrogens with one attached hydrogen (secondary N) is 2. The summed E-state index contributed by atoms with van der Waals surface area (Å²) in [4.78, 5) is 40.6. The number of alkyl halides is 4. The van der Waals surface area contributed by atoms with E-state index in [2.05, 4.69) is 10.6 Å². The first-order valence-corrected chi connectivity index (χ1v) is 13.6. The largest absolute Gasteiger partial charge is 0.508 e. The molecule has 1 aliphatic rings. The number of nitrogens with zero attached hydrogens (tertiary/aromatic N) is 1. The summed E-state index contributed by atoms with van der Waals surface area (Å²) in [7, 11) is 0. The number of benzene rings is 3. The predicted molar refractivity (Wildman–Crippen MR) is 149 cm³/mol. The van der Waals surface area contributed by atoms with Crippen molar-refractivity contribution in [2.75, 3.05) is 6.54 Å². The number of phenolic OH excluding ortho intramolecular Hbond substituents is 1. The van der Waals surface area contributed by atoms with Crippen LogP contribution in [-0.2, 0) is 28.7 Å². The SMILES string of the molecule is Cc1c(O)cccc1C(=O)N[C@@H](Cc1ccccc1)[C@H](O)C(=O)N1C[C@H](F)C[C@H]1C(=O)NCc1ccccc1C(F)(F)F. The van der Waals surface area contributed by atoms with E-state index in [-0.39, 0.29) is 28.9 Å². The zero-order chi connectivity index (χ0) is 31.3. The summed E-state index contributed by atoms with van der Waals surface area (Å²) in [6.45, 7) is 0.493. The lowest BCUT2D eigenvalue weighted by molar-refractivity contribution is -0.146. The van der Waals surface area contributed by atoms with Crippen LogP contribution in [0.1, 0.15) is 39.0 Å². The van der Waals surface area contributed by atoms with E-state index < -0.39 is 73.3 Å². The normalized spacial score (nSPS) is 18.1. The number of halogens is 4. The topological polar surface area (TPSA) is 119 Å². The summed E-state index contributed by atoms with van der Waals surface area (Å²) in [5, 5.41) is 26.2. The van der Waals surface area contributed by atoms with E-state index in [0.29, 0.717) is 5.56 Å². The molecule has 0 saturated carbocycles. The molecule has 8 nitrogen and oxygen atoms in total. The van der Waals surface area contributed by atoms with Crippen molar-refractivity contribution >= 4 is 17.7 Å². The molecule has 0 unspecified atom stereocenters. The van der Waals surface area contributed by atoms with Gasteiger partial charge < -0.3 is 25.7 Å². The summed E-state index contributed by atoms with van der Waals surface area (Å²) in [6.07, 6.45) is -8.60. The van der Waals surface area contributed by atoms with Gasteiger partial charge in [-0.1, -0.05) is 54.6 Å². The standard InChI is InChI=1S/C31H31F4N3O5/c1-18-22(11-7-13-26(18)39)28(41)37-24(14-19-8-3-2-4-9-19)27(40)30(43)38-17-21(32)15-25(38)29(42)36-16-20-10-5-6-12-23(20)31(33,34)35/h2-13,21,24-25,27,39-40H,14-17H2,1H3,(H,36,42)(H,37,41)/t21-,24+,25+,27+/m1/s1. The quantitative estimate of drug-likeness (QED) is 0.279. The molecule has 0 spiro atoms. The van der Waals surface area contributed by atoms with Gasteiger partial charge in [0, 0.05) is 24.1 Å². The van der Waals surface area contributed by atoms with Gasteiger partial charge in [0.1, 0.15) is 18.0 Å². The van der Waals surface area contributed by atoms with Crippen LogP contribution < -0.4 is 10.6 Å². The Hall–Kier alpha value is -4.45. The third kappa shape index (κ3) is 7.50. The lowest BCUT2D eigenvalue weighted by Crippen LogP contribution is -2.55. The molecule has 1 saturated heterocycles. The van der Waals surface area contributed by atoms with Crippen LogP contribution in [0.25, 0.3) is 0 Å². The molecule has 4 rings (SSSR count). The zero-order valence-corrected chi connectivity index (χ0v) is 23.1. The number of hydrogen-bond acceptors (Lipinski definition) is 5. The molecule has 1 aliphatic heterocycles. The van der Waals surface area contributed by atoms with Gasteiger partial charge >= 0.3 is 6.18 Å². The molecule has 3 aromatic carbocycles. The summed E-state index contributed by atoms with van der Waals surface area (Å²) >= 11 is 0. The fraction of sp³-hybridized carbons (Fsp3) is 0.323. The fourth-order valence-electron chi connectivity index (χ4n) is 5.10. The second-order valence-corrected chi connectivity index (χ2v) is 10.4. The van der Waals surface area contributed by atoms with Gasteiger partial charge in [-0.2, -0.15) is 13.2 Å². The molecule has 228 valence electrons. The first-order chi connectivity index (χ1) is 20.4. The Bertz CT molecular complexity index is 1470. The van der Waals surface area contributed by atoms with Gasteiger partial charge in [0.2, 0.25) is 5.91 Å². The van der Waals surface area contributed by atoms with E-state index in [9.17, 15) is 42.2 Å². The van der Waals surface area contributed by atoms with Crippen molar-refractivity contribution in [2.24, 2.45) is 0 Å². The molecular formula is C31H31F4N3O5. The fourth-order valence-corrected chi connectivity index (χ4v) is 5.10. The molecule has 0 aromatic heterocycles. The van der Waals surface area contributed by atoms with Gasteiger partial charge in [-0.05, 0) is 42.7 Å². The molecule has 3 amide bonds. The lowest BCUT2D eigenvalue weighted by atomic mass is 9.98. The Kier molecular flexibility index (Phi) is 9.70. The van der Waals surface area contributed by atoms with E-state index in [1.165, 1.54) is 43.3 Å². The molecule has 1 heterocycles. The maximum absolute atomic E-state index is 14.6. The molecule has 4 N–H and O–H groups in total. The highest BCUT2D eigenvalue weighted by molar-refractivity contribution is 5.97. The first-order valence-electron chi connectivity index (χ1n) is 13.6. The second kappa shape index (κ2) is 13.2. The van der Waals surface area contributed by atoms with E-state index in [4.69, 9.17) is 0 Å². The average molecular weight is 602 g/mol. The van der Waals surface area contributed by atoms with E-state index in [1.54, 1.807) is 30.3 Å². The third-order valence-corrected chi connectivity index (χ3v) is 7.41. The Morgan fingerprint density at radius 3 is 2.37 bits per heavy atom. The van der Waals surface area contributed by atoms with E-state index in [1.807, 2.05) is 0 Å². The highest BCUT2D eigenvalue weighted by atomic mass is 19.4. The van der Waals surface area contributed by atoms with Gasteiger partial charge in [0.15, 0.2) is 6.10 Å². The Morgan fingerprint density at radius 1 is 1.00 bits per heavy atom. The van der Waals surface area contributed by atoms with Crippen molar-refractivity contribution in [3.05, 3.63) is 101 Å². The summed E-state index contributed by atoms with van der Waals surface area (Å²) < 4.78 is 54.7. The number of hydrogen-bond donors (Lipinski definition) is 4. The minimum Gasteiger partial charge on any atom is -0.508 e. The Balaban J connectivity index is 1.53. The van der Waals surface area contributed by atoms with Crippen LogP contribution in [0.3, 0.4) is 0 Å². The number of aromatic hydroxyl groups is 1. The van der Waals surface area contributed by atoms with E-state index >= 15 is 0 Å². The van der Waals surface area contributed by atoms with Crippen LogP contribution in [0.15, 0.2) is 72.8 Å². The molecule has 0 radical (unpaired) electrons. The maximum atomic E-state index is 14.6. The first kappa shape index (κ1) is 31.5. The van der Waals surface area contributed by atoms with Crippen molar-refractivity contribution < 1.29 is 42.2 Å². The van der Waals surface area contributed by atoms with Gasteiger partial charge in [-0.3, -0.25) is 14.4 Å². The molecular weight excluding hydrogens is 570 g/mol. The van der Waals surface area contributed by atoms with Crippen LogP contribution in [-0.4, -0.2) is 63.7 Å². The third-order valence-electron chi connectivity index (χ3n) is 7.41. The monoisotopic (exact) mass is 601 g/mol. The molecule has 0 bridgehead atoms. The lowest BCUT2D eigenvalue weighted by Gasteiger charge is -2.30. The maximum Gasteiger partial charge on any atom is 0.416 e. The highest BCUT2D eigenvalue weighted by Gasteiger charge is 2.43. The molecule has 3 aromatic rings. The van der Waals surface area contributed by atoms with Crippen molar-refractivity contribution in [1.29, 1.82) is 0 Å². The number of carbonyl (C=O) groups is 3. The van der Waals surface area contributed by atoms with Crippen molar-refractivity contribution in [1.82, 2.24) is 15.5 Å². The smallest absolute Gasteiger partial charge is 0.416 e. The highest BCUT2D eigenvalue weighted by Crippen LogP contribution is 2.32. The average Bonchev–Trinajstić information content (AvgIpc) is 3.38. The Morgan fingerprint density at radius 2 is 1.67 bits per heavy atom. The minimum absolute atomic E-state index is 0.00463. The number of rotatable bonds is 9. The number of carbonyl (C=O) groups excluding carboxylic acids is 3. The predicted octanol–water partition coefficient (Wildman–Crippen LogP) is 3.68. The molecule has 12 heteroatoms. The second-order valence-electron chi connectivity index (χ2n) is 10.4. The number of likely N-dealkylation sites (tertiary alicyclic amines) is 1. The summed E-state index contributed by atoms with van der Waals surface area (Å²) in [5.41, 5.74) is -0.0874. The molecule has 0 aliphatic carbocycles. The van der Waals surface area contributed by atoms with Crippen molar-refractivity contribution in [3.63, 3.8) is 0 Å². The Labute approximate surface area is 245 Å². The minimum atomic E-state index is -4.65. The van der Waals surface area contributed by atoms with Crippen LogP contribution in [0.4, 0.5) is 17.6 Å². The van der Waals surface area contributed by atoms with Crippen LogP contribution >= 0.6 is 0 Å². The number of aliphatic hydroxyl groups is 1. The number of aliphatic hydroxyl groups excluding tert-OH is 1. The van der Waals surface area contributed by atoms with Crippen LogP contribution in [0.5, 0.6) is 5.75 Å². The number of phenols is 1. The van der Waals surface area contributed by atoms with Crippen LogP contribution in [0.2, 0.25) is 0 Å². The van der Waals surface area contributed by atoms with Gasteiger partial charge in [0.25, 0.3) is 11.8 Å². The molecule has 1 fully saturated rings. The van der Waals surface area contributed by atoms with Crippen LogP contribution in [0, 0.1) is 6.92 Å². The van der Waals surface area contributed by atoms with Gasteiger partial charge in [-0.15, -0.1) is 0 Å². The van der Waals surface area contributed by atoms with Gasteiger partial charge in [-0.25, -0.2) is 4.39 Å². The summed E-state index contributed by atoms with van der Waals surface area (Å²) in [5.74, 6) is -2.70. The van der Waals surface area contributed by atoms with E-state index in [0.717, 1.165) is 11.0 Å². The zero-order valence-electron chi connectivity index (χ0n) is 23.1. The number of amides is 3. The van der Waals surface area contributed by atoms with Crippen molar-refractivity contribution in [3.8, 4) is 5.75 Å². The molecule has 43 heavy (non-hydrogen) atoms. The summed E-state index contributed by atoms with van der Waals surface area (Å²) in [6, 6.07) is 15.1.